The summed E-state index contributed by atoms with van der Waals surface area (Å²) in [5.74, 6) is 2.14. The summed E-state index contributed by atoms with van der Waals surface area (Å²) >= 11 is 0. The molecule has 2 aromatic carbocycles. The maximum atomic E-state index is 13.3. The van der Waals surface area contributed by atoms with Crippen molar-refractivity contribution in [1.82, 2.24) is 9.88 Å². The van der Waals surface area contributed by atoms with Crippen LogP contribution in [0.15, 0.2) is 54.6 Å². The molecule has 2 atom stereocenters. The van der Waals surface area contributed by atoms with Gasteiger partial charge in [-0.2, -0.15) is 0 Å². The number of nitrogens with zero attached hydrogens (tertiary/aromatic N) is 3. The molecule has 1 saturated carbocycles. The first-order valence-electron chi connectivity index (χ1n) is 16.1. The number of rotatable bonds is 8. The standard InChI is InChI=1S/C36H41N3O5/c1-3-43-35(41)36-14-16-38(22-27(36)21-36)33-6-4-5-31(37-33)30-19-24(2)7-10-32(30)44-23-25-8-9-29-26(20-25)11-15-39(34(29)40)28-12-17-42-18-13-28/h4-10,19-20,27-28H,3,11-18,21-23H2,1-2H3/t27-,36+/m0/s1. The zero-order chi connectivity index (χ0) is 30.3. The van der Waals surface area contributed by atoms with Crippen molar-refractivity contribution >= 4 is 17.7 Å². The van der Waals surface area contributed by atoms with Crippen LogP contribution in [0, 0.1) is 18.3 Å². The lowest BCUT2D eigenvalue weighted by atomic mass is 9.94. The first-order valence-corrected chi connectivity index (χ1v) is 16.1. The Morgan fingerprint density at radius 1 is 1.07 bits per heavy atom. The summed E-state index contributed by atoms with van der Waals surface area (Å²) in [5, 5.41) is 0. The molecule has 8 heteroatoms. The molecule has 3 aromatic rings. The van der Waals surface area contributed by atoms with Crippen LogP contribution in [0.2, 0.25) is 0 Å². The van der Waals surface area contributed by atoms with Gasteiger partial charge in [0.1, 0.15) is 18.2 Å². The fraction of sp³-hybridized carbons (Fsp3) is 0.472. The average molecular weight is 596 g/mol. The van der Waals surface area contributed by atoms with E-state index in [1.165, 1.54) is 0 Å². The van der Waals surface area contributed by atoms with Crippen molar-refractivity contribution in [3.63, 3.8) is 0 Å². The minimum atomic E-state index is -0.282. The number of hydrogen-bond donors (Lipinski definition) is 0. The molecule has 44 heavy (non-hydrogen) atoms. The first-order chi connectivity index (χ1) is 21.4. The number of hydrogen-bond acceptors (Lipinski definition) is 7. The highest BCUT2D eigenvalue weighted by molar-refractivity contribution is 5.97. The molecule has 2 saturated heterocycles. The van der Waals surface area contributed by atoms with Crippen molar-refractivity contribution in [2.75, 3.05) is 44.4 Å². The first kappa shape index (κ1) is 28.8. The van der Waals surface area contributed by atoms with Gasteiger partial charge in [0.2, 0.25) is 0 Å². The quantitative estimate of drug-likeness (QED) is 0.314. The highest BCUT2D eigenvalue weighted by Crippen LogP contribution is 2.59. The molecule has 0 bridgehead atoms. The smallest absolute Gasteiger partial charge is 0.312 e. The van der Waals surface area contributed by atoms with E-state index in [4.69, 9.17) is 19.2 Å². The molecule has 1 aliphatic carbocycles. The van der Waals surface area contributed by atoms with Crippen molar-refractivity contribution in [3.05, 3.63) is 76.9 Å². The normalized spacial score (nSPS) is 23.1. The van der Waals surface area contributed by atoms with Gasteiger partial charge in [-0.05, 0) is 93.3 Å². The molecule has 3 aliphatic heterocycles. The minimum Gasteiger partial charge on any atom is -0.488 e. The van der Waals surface area contributed by atoms with Crippen molar-refractivity contribution in [2.45, 2.75) is 58.6 Å². The van der Waals surface area contributed by atoms with Gasteiger partial charge >= 0.3 is 5.97 Å². The molecular weight excluding hydrogens is 554 g/mol. The summed E-state index contributed by atoms with van der Waals surface area (Å²) in [6, 6.07) is 18.7. The second-order valence-corrected chi connectivity index (χ2v) is 12.7. The SMILES string of the molecule is CCOC(=O)[C@@]12CCN(c3cccc(-c4cc(C)ccc4OCc4ccc5c(c4)CCN(C4CCOCC4)C5=O)n3)C[C@@H]1C2. The van der Waals surface area contributed by atoms with Crippen LogP contribution in [0.3, 0.4) is 0 Å². The summed E-state index contributed by atoms with van der Waals surface area (Å²) in [4.78, 5) is 35.3. The van der Waals surface area contributed by atoms with Crippen molar-refractivity contribution in [3.8, 4) is 17.0 Å². The number of pyridine rings is 1. The van der Waals surface area contributed by atoms with E-state index in [9.17, 15) is 9.59 Å². The van der Waals surface area contributed by atoms with E-state index in [0.29, 0.717) is 19.1 Å². The summed E-state index contributed by atoms with van der Waals surface area (Å²) in [6.07, 6.45) is 4.40. The Balaban J connectivity index is 1.05. The number of carbonyl (C=O) groups is 2. The summed E-state index contributed by atoms with van der Waals surface area (Å²) in [5.41, 5.74) is 5.63. The van der Waals surface area contributed by atoms with Gasteiger partial charge in [0.05, 0.1) is 17.7 Å². The van der Waals surface area contributed by atoms with Crippen LogP contribution < -0.4 is 9.64 Å². The predicted octanol–water partition coefficient (Wildman–Crippen LogP) is 5.59. The summed E-state index contributed by atoms with van der Waals surface area (Å²) in [6.45, 7) is 8.62. The molecule has 3 fully saturated rings. The number of fused-ring (bicyclic) bond motifs is 2. The van der Waals surface area contributed by atoms with Gasteiger partial charge in [-0.3, -0.25) is 9.59 Å². The third-order valence-electron chi connectivity index (χ3n) is 9.96. The Morgan fingerprint density at radius 3 is 2.75 bits per heavy atom. The van der Waals surface area contributed by atoms with Crippen LogP contribution in [0.25, 0.3) is 11.3 Å². The predicted molar refractivity (Wildman–Crippen MR) is 168 cm³/mol. The second-order valence-electron chi connectivity index (χ2n) is 12.7. The zero-order valence-corrected chi connectivity index (χ0v) is 25.7. The van der Waals surface area contributed by atoms with Crippen molar-refractivity contribution in [1.29, 1.82) is 0 Å². The zero-order valence-electron chi connectivity index (χ0n) is 25.7. The lowest BCUT2D eigenvalue weighted by Gasteiger charge is -2.37. The number of esters is 1. The van der Waals surface area contributed by atoms with E-state index in [1.54, 1.807) is 0 Å². The molecule has 1 aromatic heterocycles. The maximum Gasteiger partial charge on any atom is 0.312 e. The minimum absolute atomic E-state index is 0.0320. The van der Waals surface area contributed by atoms with E-state index in [2.05, 4.69) is 36.1 Å². The molecular formula is C36H41N3O5. The van der Waals surface area contributed by atoms with Crippen LogP contribution in [0.1, 0.15) is 59.7 Å². The van der Waals surface area contributed by atoms with Gasteiger partial charge < -0.3 is 24.0 Å². The molecule has 7 rings (SSSR count). The fourth-order valence-electron chi connectivity index (χ4n) is 7.33. The third kappa shape index (κ3) is 5.45. The van der Waals surface area contributed by atoms with E-state index in [-0.39, 0.29) is 23.3 Å². The number of anilines is 1. The molecule has 8 nitrogen and oxygen atoms in total. The topological polar surface area (TPSA) is 81.2 Å². The van der Waals surface area contributed by atoms with Crippen molar-refractivity contribution < 1.29 is 23.8 Å². The monoisotopic (exact) mass is 595 g/mol. The number of aromatic nitrogens is 1. The van der Waals surface area contributed by atoms with Gasteiger partial charge in [-0.1, -0.05) is 29.8 Å². The van der Waals surface area contributed by atoms with Crippen molar-refractivity contribution in [2.24, 2.45) is 11.3 Å². The molecule has 0 unspecified atom stereocenters. The highest BCUT2D eigenvalue weighted by Gasteiger charge is 2.63. The molecule has 4 aliphatic rings. The van der Waals surface area contributed by atoms with Gasteiger partial charge in [-0.15, -0.1) is 0 Å². The number of piperidine rings is 1. The molecule has 0 spiro atoms. The van der Waals surface area contributed by atoms with Gasteiger partial charge in [0.15, 0.2) is 0 Å². The van der Waals surface area contributed by atoms with Gasteiger partial charge in [0, 0.05) is 50.0 Å². The number of amides is 1. The highest BCUT2D eigenvalue weighted by atomic mass is 16.5. The van der Waals surface area contributed by atoms with E-state index in [1.807, 2.05) is 42.2 Å². The van der Waals surface area contributed by atoms with Crippen LogP contribution in [-0.4, -0.2) is 67.3 Å². The van der Waals surface area contributed by atoms with E-state index >= 15 is 0 Å². The Labute approximate surface area is 259 Å². The number of carbonyl (C=O) groups excluding carboxylic acids is 2. The van der Waals surface area contributed by atoms with Crippen LogP contribution in [0.5, 0.6) is 5.75 Å². The van der Waals surface area contributed by atoms with Gasteiger partial charge in [-0.25, -0.2) is 4.98 Å². The molecule has 230 valence electrons. The fourth-order valence-corrected chi connectivity index (χ4v) is 7.33. The summed E-state index contributed by atoms with van der Waals surface area (Å²) in [7, 11) is 0. The Kier molecular flexibility index (Phi) is 7.79. The maximum absolute atomic E-state index is 13.3. The lowest BCUT2D eigenvalue weighted by molar-refractivity contribution is -0.150. The molecule has 0 N–H and O–H groups in total. The molecule has 1 amide bonds. The van der Waals surface area contributed by atoms with Crippen LogP contribution in [-0.2, 0) is 27.3 Å². The number of aryl methyl sites for hydroxylation is 1. The average Bonchev–Trinajstić information content (AvgIpc) is 3.80. The van der Waals surface area contributed by atoms with Gasteiger partial charge in [0.25, 0.3) is 5.91 Å². The van der Waals surface area contributed by atoms with Crippen LogP contribution in [0.4, 0.5) is 5.82 Å². The Bertz CT molecular complexity index is 1570. The van der Waals surface area contributed by atoms with E-state index < -0.39 is 0 Å². The third-order valence-corrected chi connectivity index (χ3v) is 9.96. The number of benzene rings is 2. The Hall–Kier alpha value is -3.91. The van der Waals surface area contributed by atoms with E-state index in [0.717, 1.165) is 110 Å². The molecule has 4 heterocycles. The Morgan fingerprint density at radius 2 is 1.93 bits per heavy atom. The van der Waals surface area contributed by atoms with Crippen LogP contribution >= 0.6 is 0 Å². The second kappa shape index (κ2) is 11.9. The lowest BCUT2D eigenvalue weighted by Crippen LogP contribution is -2.47. The number of ether oxygens (including phenoxy) is 3. The molecule has 0 radical (unpaired) electrons. The largest absolute Gasteiger partial charge is 0.488 e. The summed E-state index contributed by atoms with van der Waals surface area (Å²) < 4.78 is 17.3.